The van der Waals surface area contributed by atoms with E-state index in [-0.39, 0.29) is 30.0 Å². The van der Waals surface area contributed by atoms with E-state index in [1.165, 1.54) is 0 Å². The number of anilines is 2. The zero-order chi connectivity index (χ0) is 25.0. The van der Waals surface area contributed by atoms with Crippen LogP contribution >= 0.6 is 0 Å². The average Bonchev–Trinajstić information content (AvgIpc) is 2.66. The van der Waals surface area contributed by atoms with Gasteiger partial charge < -0.3 is 11.5 Å². The molecule has 0 radical (unpaired) electrons. The van der Waals surface area contributed by atoms with Gasteiger partial charge in [0.05, 0.1) is 0 Å². The monoisotopic (exact) mass is 484 g/mol. The molecule has 0 saturated carbocycles. The molecule has 2 rings (SSSR count). The van der Waals surface area contributed by atoms with Crippen LogP contribution in [0.2, 0.25) is 0 Å². The van der Waals surface area contributed by atoms with Crippen LogP contribution in [-0.4, -0.2) is 23.9 Å². The molecular weight excluding hydrogens is 472 g/mol. The minimum atomic E-state index is -7.32. The molecule has 0 spiro atoms. The summed E-state index contributed by atoms with van der Waals surface area (Å²) in [7, 11) is 0. The van der Waals surface area contributed by atoms with E-state index in [0.29, 0.717) is 24.3 Å². The van der Waals surface area contributed by atoms with Crippen molar-refractivity contribution in [2.45, 2.75) is 35.5 Å². The first-order chi connectivity index (χ1) is 14.2. The molecule has 1 atom stereocenters. The molecular formula is C18H12F12N2. The van der Waals surface area contributed by atoms with Crippen LogP contribution in [0, 0.1) is 0 Å². The van der Waals surface area contributed by atoms with E-state index in [9.17, 15) is 48.3 Å². The van der Waals surface area contributed by atoms with Gasteiger partial charge in [0.25, 0.3) is 5.67 Å². The summed E-state index contributed by atoms with van der Waals surface area (Å²) in [6.45, 7) is 0. The molecule has 0 aliphatic rings. The third-order valence-corrected chi connectivity index (χ3v) is 4.59. The number of halogens is 12. The van der Waals surface area contributed by atoms with Crippen molar-refractivity contribution in [1.29, 1.82) is 0 Å². The Morgan fingerprint density at radius 3 is 1.12 bits per heavy atom. The zero-order valence-corrected chi connectivity index (χ0v) is 15.3. The predicted molar refractivity (Wildman–Crippen MR) is 89.3 cm³/mol. The lowest BCUT2D eigenvalue weighted by molar-refractivity contribution is -0.417. The SMILES string of the molecule is Nc1ccc(C(F)(F)C(F)(F)C(F)(F)C(F)(c2ccc(N)cc2)C(F)(F)C(F)(F)F)cc1. The molecule has 0 aromatic heterocycles. The van der Waals surface area contributed by atoms with Gasteiger partial charge in [0.2, 0.25) is 0 Å². The maximum atomic E-state index is 15.2. The summed E-state index contributed by atoms with van der Waals surface area (Å²) < 4.78 is 169. The first-order valence-corrected chi connectivity index (χ1v) is 8.24. The summed E-state index contributed by atoms with van der Waals surface area (Å²) in [5.41, 5.74) is -1.46. The van der Waals surface area contributed by atoms with Crippen molar-refractivity contribution in [3.8, 4) is 0 Å². The Hall–Kier alpha value is -2.80. The molecule has 178 valence electrons. The minimum absolute atomic E-state index is 0.102. The van der Waals surface area contributed by atoms with Crippen molar-refractivity contribution < 1.29 is 52.7 Å². The van der Waals surface area contributed by atoms with Crippen molar-refractivity contribution in [3.05, 3.63) is 59.7 Å². The van der Waals surface area contributed by atoms with Crippen LogP contribution in [0.3, 0.4) is 0 Å². The number of rotatable bonds is 6. The number of hydrogen-bond acceptors (Lipinski definition) is 2. The molecule has 0 bridgehead atoms. The Bertz CT molecular complexity index is 951. The lowest BCUT2D eigenvalue weighted by Crippen LogP contribution is -2.69. The molecule has 0 amide bonds. The third-order valence-electron chi connectivity index (χ3n) is 4.59. The largest absolute Gasteiger partial charge is 0.457 e. The summed E-state index contributed by atoms with van der Waals surface area (Å²) in [4.78, 5) is 0. The van der Waals surface area contributed by atoms with Crippen LogP contribution in [0.25, 0.3) is 0 Å². The fourth-order valence-electron chi connectivity index (χ4n) is 2.76. The second-order valence-corrected chi connectivity index (χ2v) is 6.70. The normalized spacial score (nSPS) is 16.0. The van der Waals surface area contributed by atoms with Crippen LogP contribution in [-0.2, 0) is 11.6 Å². The van der Waals surface area contributed by atoms with Gasteiger partial charge >= 0.3 is 29.9 Å². The average molecular weight is 484 g/mol. The van der Waals surface area contributed by atoms with Gasteiger partial charge in [0, 0.05) is 22.5 Å². The summed E-state index contributed by atoms with van der Waals surface area (Å²) >= 11 is 0. The van der Waals surface area contributed by atoms with E-state index < -0.39 is 52.3 Å². The highest BCUT2D eigenvalue weighted by Crippen LogP contribution is 2.65. The quantitative estimate of drug-likeness (QED) is 0.375. The lowest BCUT2D eigenvalue weighted by atomic mass is 9.77. The van der Waals surface area contributed by atoms with Gasteiger partial charge in [-0.2, -0.15) is 48.3 Å². The first-order valence-electron chi connectivity index (χ1n) is 8.24. The standard InChI is InChI=1S/C18H12F12N2/c19-13(16(24,25)18(28,29)30,9-1-5-11(31)6-2-9)15(22,23)17(26,27)14(20,21)10-3-7-12(32)8-4-10/h1-8H,31-32H2. The predicted octanol–water partition coefficient (Wildman–Crippen LogP) is 6.28. The summed E-state index contributed by atoms with van der Waals surface area (Å²) in [5, 5.41) is 0. The van der Waals surface area contributed by atoms with E-state index in [0.717, 1.165) is 0 Å². The second-order valence-electron chi connectivity index (χ2n) is 6.70. The van der Waals surface area contributed by atoms with Gasteiger partial charge in [-0.1, -0.05) is 24.3 Å². The Morgan fingerprint density at radius 1 is 0.438 bits per heavy atom. The van der Waals surface area contributed by atoms with Crippen LogP contribution in [0.4, 0.5) is 64.1 Å². The van der Waals surface area contributed by atoms with E-state index in [4.69, 9.17) is 11.5 Å². The number of nitrogens with two attached hydrogens (primary N) is 2. The molecule has 0 saturated heterocycles. The Balaban J connectivity index is 2.84. The molecule has 0 aliphatic carbocycles. The molecule has 2 aromatic rings. The number of nitrogen functional groups attached to an aromatic ring is 2. The Labute approximate surface area is 171 Å². The molecule has 0 aliphatic heterocycles. The van der Waals surface area contributed by atoms with Crippen LogP contribution < -0.4 is 11.5 Å². The van der Waals surface area contributed by atoms with E-state index in [1.54, 1.807) is 0 Å². The minimum Gasteiger partial charge on any atom is -0.399 e. The molecule has 0 fully saturated rings. The smallest absolute Gasteiger partial charge is 0.399 e. The fourth-order valence-corrected chi connectivity index (χ4v) is 2.76. The van der Waals surface area contributed by atoms with Crippen LogP contribution in [0.5, 0.6) is 0 Å². The molecule has 14 heteroatoms. The van der Waals surface area contributed by atoms with Crippen molar-refractivity contribution in [1.82, 2.24) is 0 Å². The van der Waals surface area contributed by atoms with Crippen molar-refractivity contribution in [2.75, 3.05) is 11.5 Å². The Kier molecular flexibility index (Phi) is 5.87. The van der Waals surface area contributed by atoms with Gasteiger partial charge in [-0.3, -0.25) is 0 Å². The van der Waals surface area contributed by atoms with Gasteiger partial charge in [0.1, 0.15) is 0 Å². The van der Waals surface area contributed by atoms with Gasteiger partial charge in [0.15, 0.2) is 0 Å². The third kappa shape index (κ3) is 3.39. The molecule has 4 N–H and O–H groups in total. The zero-order valence-electron chi connectivity index (χ0n) is 15.3. The maximum Gasteiger partial charge on any atom is 0.457 e. The maximum absolute atomic E-state index is 15.2. The molecule has 1 unspecified atom stereocenters. The highest BCUT2D eigenvalue weighted by Gasteiger charge is 2.89. The number of alkyl halides is 12. The molecule has 32 heavy (non-hydrogen) atoms. The highest BCUT2D eigenvalue weighted by atomic mass is 19.4. The second kappa shape index (κ2) is 7.37. The van der Waals surface area contributed by atoms with E-state index in [1.807, 2.05) is 0 Å². The van der Waals surface area contributed by atoms with Gasteiger partial charge in [-0.25, -0.2) is 4.39 Å². The topological polar surface area (TPSA) is 52.0 Å². The van der Waals surface area contributed by atoms with Crippen molar-refractivity contribution in [3.63, 3.8) is 0 Å². The van der Waals surface area contributed by atoms with Crippen LogP contribution in [0.15, 0.2) is 48.5 Å². The summed E-state index contributed by atoms with van der Waals surface area (Å²) in [6.07, 6.45) is -7.18. The highest BCUT2D eigenvalue weighted by molar-refractivity contribution is 5.44. The Morgan fingerprint density at radius 2 is 0.781 bits per heavy atom. The van der Waals surface area contributed by atoms with E-state index in [2.05, 4.69) is 0 Å². The van der Waals surface area contributed by atoms with Crippen molar-refractivity contribution in [2.24, 2.45) is 0 Å². The van der Waals surface area contributed by atoms with E-state index >= 15 is 4.39 Å². The first kappa shape index (κ1) is 25.5. The summed E-state index contributed by atoms with van der Waals surface area (Å²) in [6, 6.07) is 1.66. The molecule has 2 nitrogen and oxygen atoms in total. The summed E-state index contributed by atoms with van der Waals surface area (Å²) in [5.74, 6) is -27.8. The number of hydrogen-bond donors (Lipinski definition) is 2. The lowest BCUT2D eigenvalue weighted by Gasteiger charge is -2.44. The van der Waals surface area contributed by atoms with Gasteiger partial charge in [-0.15, -0.1) is 0 Å². The van der Waals surface area contributed by atoms with Crippen molar-refractivity contribution >= 4 is 11.4 Å². The van der Waals surface area contributed by atoms with Crippen LogP contribution in [0.1, 0.15) is 11.1 Å². The number of benzene rings is 2. The molecule has 2 aromatic carbocycles. The van der Waals surface area contributed by atoms with Gasteiger partial charge in [-0.05, 0) is 24.3 Å². The molecule has 0 heterocycles. The fraction of sp³-hybridized carbons (Fsp3) is 0.333.